The summed E-state index contributed by atoms with van der Waals surface area (Å²) in [6, 6.07) is 13.9. The average Bonchev–Trinajstić information content (AvgIpc) is 2.45. The van der Waals surface area contributed by atoms with Gasteiger partial charge in [0.25, 0.3) is 5.91 Å². The van der Waals surface area contributed by atoms with Crippen molar-refractivity contribution >= 4 is 23.2 Å². The number of nitrogen functional groups attached to an aromatic ring is 1. The monoisotopic (exact) mass is 290 g/mol. The molecule has 20 heavy (non-hydrogen) atoms. The number of carbonyl (C=O) groups is 1. The summed E-state index contributed by atoms with van der Waals surface area (Å²) in [7, 11) is 0. The van der Waals surface area contributed by atoms with E-state index in [-0.39, 0.29) is 5.91 Å². The van der Waals surface area contributed by atoms with Crippen LogP contribution in [0.4, 0.5) is 5.69 Å². The van der Waals surface area contributed by atoms with Crippen LogP contribution in [0.5, 0.6) is 5.75 Å². The summed E-state index contributed by atoms with van der Waals surface area (Å²) in [6.07, 6.45) is 0. The van der Waals surface area contributed by atoms with Gasteiger partial charge in [-0.2, -0.15) is 0 Å². The van der Waals surface area contributed by atoms with Gasteiger partial charge in [0.05, 0.1) is 6.54 Å². The van der Waals surface area contributed by atoms with Gasteiger partial charge in [-0.25, -0.2) is 0 Å². The fraction of sp³-hybridized carbons (Fsp3) is 0.133. The molecule has 0 fully saturated rings. The summed E-state index contributed by atoms with van der Waals surface area (Å²) in [5.74, 6) is 0.546. The molecule has 0 aliphatic rings. The van der Waals surface area contributed by atoms with Crippen molar-refractivity contribution in [3.63, 3.8) is 0 Å². The summed E-state index contributed by atoms with van der Waals surface area (Å²) in [6.45, 7) is 0.798. The quantitative estimate of drug-likeness (QED) is 0.657. The Kier molecular flexibility index (Phi) is 4.85. The highest BCUT2D eigenvalue weighted by molar-refractivity contribution is 6.30. The minimum Gasteiger partial charge on any atom is -0.492 e. The summed E-state index contributed by atoms with van der Waals surface area (Å²) in [4.78, 5) is 11.8. The maximum absolute atomic E-state index is 11.8. The molecule has 4 nitrogen and oxygen atoms in total. The molecule has 0 heterocycles. The number of nitrogens with two attached hydrogens (primary N) is 1. The van der Waals surface area contributed by atoms with Gasteiger partial charge in [-0.05, 0) is 42.5 Å². The van der Waals surface area contributed by atoms with Crippen LogP contribution in [0.15, 0.2) is 48.5 Å². The Balaban J connectivity index is 1.76. The van der Waals surface area contributed by atoms with Crippen molar-refractivity contribution in [2.24, 2.45) is 0 Å². The number of hydrogen-bond acceptors (Lipinski definition) is 3. The minimum absolute atomic E-state index is 0.173. The number of halogens is 1. The Morgan fingerprint density at radius 1 is 1.20 bits per heavy atom. The largest absolute Gasteiger partial charge is 0.492 e. The lowest BCUT2D eigenvalue weighted by Gasteiger charge is -2.08. The van der Waals surface area contributed by atoms with Gasteiger partial charge in [-0.1, -0.05) is 17.7 Å². The number of rotatable bonds is 5. The zero-order valence-corrected chi connectivity index (χ0v) is 11.6. The van der Waals surface area contributed by atoms with Crippen molar-refractivity contribution in [3.8, 4) is 5.75 Å². The molecule has 0 saturated heterocycles. The van der Waals surface area contributed by atoms with Gasteiger partial charge in [0.1, 0.15) is 12.4 Å². The molecule has 0 bridgehead atoms. The molecule has 0 saturated carbocycles. The van der Waals surface area contributed by atoms with Gasteiger partial charge in [-0.3, -0.25) is 4.79 Å². The Morgan fingerprint density at radius 3 is 2.65 bits per heavy atom. The van der Waals surface area contributed by atoms with Gasteiger partial charge in [0.2, 0.25) is 0 Å². The van der Waals surface area contributed by atoms with Crippen LogP contribution in [-0.4, -0.2) is 19.1 Å². The topological polar surface area (TPSA) is 64.3 Å². The van der Waals surface area contributed by atoms with Crippen molar-refractivity contribution in [2.75, 3.05) is 18.9 Å². The zero-order chi connectivity index (χ0) is 14.4. The second-order valence-corrected chi connectivity index (χ2v) is 4.62. The molecule has 0 aromatic heterocycles. The number of amides is 1. The smallest absolute Gasteiger partial charge is 0.251 e. The first-order chi connectivity index (χ1) is 9.65. The lowest BCUT2D eigenvalue weighted by molar-refractivity contribution is 0.0947. The van der Waals surface area contributed by atoms with Gasteiger partial charge < -0.3 is 15.8 Å². The van der Waals surface area contributed by atoms with Gasteiger partial charge in [0, 0.05) is 16.3 Å². The van der Waals surface area contributed by atoms with Crippen molar-refractivity contribution in [2.45, 2.75) is 0 Å². The first kappa shape index (κ1) is 14.2. The Labute approximate surface area is 122 Å². The molecule has 5 heteroatoms. The van der Waals surface area contributed by atoms with Crippen LogP contribution in [0.1, 0.15) is 10.4 Å². The summed E-state index contributed by atoms with van der Waals surface area (Å²) >= 11 is 5.83. The van der Waals surface area contributed by atoms with Crippen LogP contribution in [-0.2, 0) is 0 Å². The van der Waals surface area contributed by atoms with Crippen LogP contribution in [0, 0.1) is 0 Å². The molecule has 3 N–H and O–H groups in total. The van der Waals surface area contributed by atoms with E-state index >= 15 is 0 Å². The highest BCUT2D eigenvalue weighted by Crippen LogP contribution is 2.13. The fourth-order valence-corrected chi connectivity index (χ4v) is 1.82. The average molecular weight is 291 g/mol. The van der Waals surface area contributed by atoms with Gasteiger partial charge in [0.15, 0.2) is 0 Å². The number of hydrogen-bond donors (Lipinski definition) is 2. The number of anilines is 1. The van der Waals surface area contributed by atoms with E-state index in [4.69, 9.17) is 22.1 Å². The van der Waals surface area contributed by atoms with Crippen molar-refractivity contribution in [1.29, 1.82) is 0 Å². The van der Waals surface area contributed by atoms with E-state index in [0.717, 1.165) is 5.75 Å². The van der Waals surface area contributed by atoms with Crippen molar-refractivity contribution < 1.29 is 9.53 Å². The molecule has 2 rings (SSSR count). The van der Waals surface area contributed by atoms with Crippen LogP contribution in [0.2, 0.25) is 5.02 Å². The van der Waals surface area contributed by atoms with E-state index in [1.165, 1.54) is 0 Å². The molecule has 0 atom stereocenters. The summed E-state index contributed by atoms with van der Waals surface area (Å²) in [5, 5.41) is 3.30. The van der Waals surface area contributed by atoms with E-state index in [0.29, 0.717) is 29.4 Å². The molecule has 0 aliphatic carbocycles. The predicted molar refractivity (Wildman–Crippen MR) is 80.1 cm³/mol. The lowest BCUT2D eigenvalue weighted by Crippen LogP contribution is -2.28. The van der Waals surface area contributed by atoms with Crippen LogP contribution >= 0.6 is 11.6 Å². The normalized spacial score (nSPS) is 10.1. The molecule has 1 amide bonds. The third-order valence-corrected chi connectivity index (χ3v) is 2.86. The summed E-state index contributed by atoms with van der Waals surface area (Å²) in [5.41, 5.74) is 6.79. The Morgan fingerprint density at radius 2 is 1.95 bits per heavy atom. The van der Waals surface area contributed by atoms with Gasteiger partial charge >= 0.3 is 0 Å². The maximum Gasteiger partial charge on any atom is 0.251 e. The third-order valence-electron chi connectivity index (χ3n) is 2.62. The van der Waals surface area contributed by atoms with Gasteiger partial charge in [-0.15, -0.1) is 0 Å². The Bertz CT molecular complexity index is 585. The molecule has 0 unspecified atom stereocenters. The van der Waals surface area contributed by atoms with Crippen molar-refractivity contribution in [1.82, 2.24) is 5.32 Å². The van der Waals surface area contributed by atoms with Crippen LogP contribution < -0.4 is 15.8 Å². The number of ether oxygens (including phenoxy) is 1. The molecule has 2 aromatic carbocycles. The highest BCUT2D eigenvalue weighted by Gasteiger charge is 2.04. The molecule has 2 aromatic rings. The van der Waals surface area contributed by atoms with E-state index in [9.17, 15) is 4.79 Å². The van der Waals surface area contributed by atoms with E-state index in [1.807, 2.05) is 0 Å². The number of carbonyl (C=O) groups excluding carboxylic acids is 1. The second-order valence-electron chi connectivity index (χ2n) is 4.18. The van der Waals surface area contributed by atoms with Crippen LogP contribution in [0.3, 0.4) is 0 Å². The van der Waals surface area contributed by atoms with E-state index in [2.05, 4.69) is 5.32 Å². The molecular formula is C15H15ClN2O2. The number of nitrogens with one attached hydrogen (secondary N) is 1. The molecule has 0 radical (unpaired) electrons. The molecule has 0 spiro atoms. The number of benzene rings is 2. The Hall–Kier alpha value is -2.20. The second kappa shape index (κ2) is 6.82. The lowest BCUT2D eigenvalue weighted by atomic mass is 10.2. The van der Waals surface area contributed by atoms with E-state index < -0.39 is 0 Å². The zero-order valence-electron chi connectivity index (χ0n) is 10.8. The molecular weight excluding hydrogens is 276 g/mol. The fourth-order valence-electron chi connectivity index (χ4n) is 1.63. The molecule has 104 valence electrons. The van der Waals surface area contributed by atoms with Crippen molar-refractivity contribution in [3.05, 3.63) is 59.1 Å². The standard InChI is InChI=1S/C15H15ClN2O2/c16-12-3-1-2-11(10-12)15(19)18-8-9-20-14-6-4-13(17)5-7-14/h1-7,10H,8-9,17H2,(H,18,19). The summed E-state index contributed by atoms with van der Waals surface area (Å²) < 4.78 is 5.47. The SMILES string of the molecule is Nc1ccc(OCCNC(=O)c2cccc(Cl)c2)cc1. The first-order valence-electron chi connectivity index (χ1n) is 6.17. The predicted octanol–water partition coefficient (Wildman–Crippen LogP) is 2.73. The van der Waals surface area contributed by atoms with E-state index in [1.54, 1.807) is 48.5 Å². The third kappa shape index (κ3) is 4.17. The maximum atomic E-state index is 11.8. The molecule has 0 aliphatic heterocycles. The highest BCUT2D eigenvalue weighted by atomic mass is 35.5. The minimum atomic E-state index is -0.173. The van der Waals surface area contributed by atoms with Crippen LogP contribution in [0.25, 0.3) is 0 Å². The first-order valence-corrected chi connectivity index (χ1v) is 6.55.